The zero-order chi connectivity index (χ0) is 19.4. The van der Waals surface area contributed by atoms with Gasteiger partial charge in [0.2, 0.25) is 0 Å². The lowest BCUT2D eigenvalue weighted by molar-refractivity contribution is -0.133. The topological polar surface area (TPSA) is 62.4 Å². The van der Waals surface area contributed by atoms with E-state index in [4.69, 9.17) is 4.74 Å². The Balaban J connectivity index is 1.57. The number of rotatable bonds is 2. The van der Waals surface area contributed by atoms with E-state index in [1.807, 2.05) is 24.3 Å². The largest absolute Gasteiger partial charge is 0.465 e. The SMILES string of the molecule is COC(=O)C1=CN(C(=O)C2=CC=C(F)[C@@H]3C=C23)CCc2c1[nH]c1ccccc21. The Labute approximate surface area is 160 Å². The maximum atomic E-state index is 13.6. The van der Waals surface area contributed by atoms with E-state index in [0.717, 1.165) is 16.5 Å². The maximum absolute atomic E-state index is 13.6. The zero-order valence-electron chi connectivity index (χ0n) is 15.2. The minimum atomic E-state index is -0.514. The number of nitrogens with zero attached hydrogens (tertiary/aromatic N) is 1. The molecule has 1 N–H and O–H groups in total. The molecule has 0 unspecified atom stereocenters. The number of para-hydroxylation sites is 1. The lowest BCUT2D eigenvalue weighted by atomic mass is 10.0. The number of hydrogen-bond donors (Lipinski definition) is 1. The molecule has 0 bridgehead atoms. The van der Waals surface area contributed by atoms with Crippen molar-refractivity contribution in [2.24, 2.45) is 5.92 Å². The van der Waals surface area contributed by atoms with Crippen molar-refractivity contribution in [3.05, 3.63) is 76.9 Å². The summed E-state index contributed by atoms with van der Waals surface area (Å²) in [5.74, 6) is -1.36. The smallest absolute Gasteiger partial charge is 0.341 e. The number of benzene rings is 1. The molecule has 2 heterocycles. The molecule has 2 aliphatic carbocycles. The number of halogens is 1. The molecular formula is C22H17FN2O3. The van der Waals surface area contributed by atoms with Crippen molar-refractivity contribution < 1.29 is 18.7 Å². The molecule has 140 valence electrons. The number of methoxy groups -OCH3 is 1. The highest BCUT2D eigenvalue weighted by atomic mass is 19.1. The fourth-order valence-electron chi connectivity index (χ4n) is 3.96. The molecule has 0 saturated carbocycles. The number of nitrogens with one attached hydrogen (secondary N) is 1. The molecule has 1 amide bonds. The molecule has 0 fully saturated rings. The van der Waals surface area contributed by atoms with Gasteiger partial charge in [0, 0.05) is 29.2 Å². The first kappa shape index (κ1) is 16.7. The molecule has 0 radical (unpaired) electrons. The molecule has 3 aliphatic rings. The minimum absolute atomic E-state index is 0.241. The number of carbonyl (C=O) groups is 2. The number of H-pyrrole nitrogens is 1. The van der Waals surface area contributed by atoms with Gasteiger partial charge in [-0.15, -0.1) is 0 Å². The first-order valence-corrected chi connectivity index (χ1v) is 9.09. The predicted molar refractivity (Wildman–Crippen MR) is 103 cm³/mol. The summed E-state index contributed by atoms with van der Waals surface area (Å²) >= 11 is 0. The minimum Gasteiger partial charge on any atom is -0.465 e. The van der Waals surface area contributed by atoms with Crippen LogP contribution in [-0.4, -0.2) is 35.4 Å². The number of aromatic nitrogens is 1. The van der Waals surface area contributed by atoms with Crippen molar-refractivity contribution in [2.75, 3.05) is 13.7 Å². The van der Waals surface area contributed by atoms with Crippen LogP contribution in [0, 0.1) is 5.92 Å². The van der Waals surface area contributed by atoms with Crippen LogP contribution in [0.1, 0.15) is 11.3 Å². The summed E-state index contributed by atoms with van der Waals surface area (Å²) in [4.78, 5) is 30.4. The lowest BCUT2D eigenvalue weighted by Crippen LogP contribution is -2.29. The molecule has 1 aromatic heterocycles. The van der Waals surface area contributed by atoms with Crippen LogP contribution >= 0.6 is 0 Å². The first-order chi connectivity index (χ1) is 13.6. The Hall–Kier alpha value is -3.41. The van der Waals surface area contributed by atoms with E-state index in [9.17, 15) is 14.0 Å². The van der Waals surface area contributed by atoms with Crippen molar-refractivity contribution >= 4 is 28.4 Å². The van der Waals surface area contributed by atoms with E-state index in [0.29, 0.717) is 35.4 Å². The van der Waals surface area contributed by atoms with E-state index >= 15 is 0 Å². The Bertz CT molecular complexity index is 1170. The van der Waals surface area contributed by atoms with Crippen LogP contribution in [0.5, 0.6) is 0 Å². The lowest BCUT2D eigenvalue weighted by Gasteiger charge is -2.20. The average Bonchev–Trinajstić information content (AvgIpc) is 3.47. The summed E-state index contributed by atoms with van der Waals surface area (Å²) in [6.07, 6.45) is 6.72. The molecule has 1 aliphatic heterocycles. The Morgan fingerprint density at radius 2 is 2.04 bits per heavy atom. The molecule has 0 saturated heterocycles. The molecule has 1 aromatic carbocycles. The van der Waals surface area contributed by atoms with Crippen molar-refractivity contribution in [3.8, 4) is 0 Å². The number of fused-ring (bicyclic) bond motifs is 4. The second kappa shape index (κ2) is 6.05. The van der Waals surface area contributed by atoms with Crippen molar-refractivity contribution in [1.82, 2.24) is 9.88 Å². The normalized spacial score (nSPS) is 20.2. The molecule has 6 heteroatoms. The van der Waals surface area contributed by atoms with Gasteiger partial charge in [-0.1, -0.05) is 24.3 Å². The van der Waals surface area contributed by atoms with E-state index in [1.165, 1.54) is 24.2 Å². The number of esters is 1. The molecule has 28 heavy (non-hydrogen) atoms. The number of ether oxygens (including phenoxy) is 1. The quantitative estimate of drug-likeness (QED) is 0.817. The number of hydrogen-bond acceptors (Lipinski definition) is 3. The summed E-state index contributed by atoms with van der Waals surface area (Å²) in [5, 5.41) is 1.02. The van der Waals surface area contributed by atoms with Crippen LogP contribution in [-0.2, 0) is 20.7 Å². The van der Waals surface area contributed by atoms with Gasteiger partial charge >= 0.3 is 5.97 Å². The second-order valence-corrected chi connectivity index (χ2v) is 7.04. The number of allylic oxidation sites excluding steroid dienone is 4. The average molecular weight is 376 g/mol. The summed E-state index contributed by atoms with van der Waals surface area (Å²) < 4.78 is 18.6. The second-order valence-electron chi connectivity index (χ2n) is 7.04. The van der Waals surface area contributed by atoms with Crippen LogP contribution in [0.25, 0.3) is 16.5 Å². The third-order valence-electron chi connectivity index (χ3n) is 5.46. The standard InChI is InChI=1S/C22H17FN2O3/c1-28-22(27)17-11-25(21(26)14-6-7-18(23)16-10-15(14)16)9-8-13-12-4-2-3-5-19(12)24-20(13)17/h2-7,10-11,16,24H,8-9H2,1H3/t16-/m1/s1. The highest BCUT2D eigenvalue weighted by molar-refractivity contribution is 6.18. The summed E-state index contributed by atoms with van der Waals surface area (Å²) in [7, 11) is 1.32. The molecule has 5 nitrogen and oxygen atoms in total. The van der Waals surface area contributed by atoms with Crippen molar-refractivity contribution in [3.63, 3.8) is 0 Å². The molecule has 0 spiro atoms. The van der Waals surface area contributed by atoms with Crippen LogP contribution in [0.4, 0.5) is 4.39 Å². The highest BCUT2D eigenvalue weighted by Gasteiger charge is 2.38. The van der Waals surface area contributed by atoms with Gasteiger partial charge in [0.25, 0.3) is 5.91 Å². The molecule has 5 rings (SSSR count). The van der Waals surface area contributed by atoms with Gasteiger partial charge in [0.1, 0.15) is 5.83 Å². The molecule has 1 atom stereocenters. The fourth-order valence-corrected chi connectivity index (χ4v) is 3.96. The Morgan fingerprint density at radius 1 is 1.21 bits per heavy atom. The predicted octanol–water partition coefficient (Wildman–Crippen LogP) is 3.42. The highest BCUT2D eigenvalue weighted by Crippen LogP contribution is 2.45. The number of aromatic amines is 1. The third kappa shape index (κ3) is 2.45. The monoisotopic (exact) mass is 376 g/mol. The van der Waals surface area contributed by atoms with Gasteiger partial charge in [-0.05, 0) is 35.8 Å². The Kier molecular flexibility index (Phi) is 3.62. The van der Waals surface area contributed by atoms with Gasteiger partial charge in [0.05, 0.1) is 24.3 Å². The first-order valence-electron chi connectivity index (χ1n) is 9.09. The summed E-state index contributed by atoms with van der Waals surface area (Å²) in [6, 6.07) is 7.82. The van der Waals surface area contributed by atoms with Crippen LogP contribution in [0.2, 0.25) is 0 Å². The van der Waals surface area contributed by atoms with Crippen LogP contribution in [0.15, 0.2) is 65.7 Å². The Morgan fingerprint density at radius 3 is 2.86 bits per heavy atom. The van der Waals surface area contributed by atoms with E-state index in [1.54, 1.807) is 12.3 Å². The van der Waals surface area contributed by atoms with Gasteiger partial charge in [-0.3, -0.25) is 4.79 Å². The van der Waals surface area contributed by atoms with Crippen LogP contribution < -0.4 is 0 Å². The van der Waals surface area contributed by atoms with Crippen LogP contribution in [0.3, 0.4) is 0 Å². The van der Waals surface area contributed by atoms with Gasteiger partial charge in [-0.2, -0.15) is 0 Å². The van der Waals surface area contributed by atoms with Gasteiger partial charge in [-0.25, -0.2) is 9.18 Å². The van der Waals surface area contributed by atoms with Gasteiger partial charge in [0.15, 0.2) is 0 Å². The van der Waals surface area contributed by atoms with E-state index < -0.39 is 5.97 Å². The zero-order valence-corrected chi connectivity index (χ0v) is 15.2. The van der Waals surface area contributed by atoms with Crippen molar-refractivity contribution in [2.45, 2.75) is 6.42 Å². The summed E-state index contributed by atoms with van der Waals surface area (Å²) in [6.45, 7) is 0.412. The fraction of sp³-hybridized carbons (Fsp3) is 0.182. The molecule has 2 aromatic rings. The maximum Gasteiger partial charge on any atom is 0.341 e. The molecular weight excluding hydrogens is 359 g/mol. The van der Waals surface area contributed by atoms with Gasteiger partial charge < -0.3 is 14.6 Å². The van der Waals surface area contributed by atoms with E-state index in [2.05, 4.69) is 4.98 Å². The summed E-state index contributed by atoms with van der Waals surface area (Å²) in [5.41, 5.74) is 4.08. The van der Waals surface area contributed by atoms with E-state index in [-0.39, 0.29) is 17.7 Å². The third-order valence-corrected chi connectivity index (χ3v) is 5.46. The number of amides is 1. The van der Waals surface area contributed by atoms with Crippen molar-refractivity contribution in [1.29, 1.82) is 0 Å². The number of carbonyl (C=O) groups excluding carboxylic acids is 2.